The van der Waals surface area contributed by atoms with E-state index in [4.69, 9.17) is 0 Å². The van der Waals surface area contributed by atoms with Gasteiger partial charge in [0, 0.05) is 0 Å². The zero-order chi connectivity index (χ0) is 32.4. The minimum atomic E-state index is -6.27. The van der Waals surface area contributed by atoms with Crippen molar-refractivity contribution < 1.29 is 65.9 Å². The summed E-state index contributed by atoms with van der Waals surface area (Å²) in [6.45, 7) is -4.12. The quantitative estimate of drug-likeness (QED) is 0.183. The van der Waals surface area contributed by atoms with Gasteiger partial charge in [-0.3, -0.25) is 0 Å². The molecule has 0 atom stereocenters. The van der Waals surface area contributed by atoms with Crippen molar-refractivity contribution in [2.45, 2.75) is 36.3 Å². The molecular formula is C21H11BF15N6-. The standard InChI is InChI=1S/C21H11BF15N6/c23-16(24,19(29,30)31)13-6-9-41(38-13)22(12-4-2-1-3-5-12,42-10-7-14(39-42)17(25,26)20(32,33)34)43-11-8-15(40-43)18(27,28)21(35,36)37/h1-11H/q-1. The lowest BCUT2D eigenvalue weighted by molar-refractivity contribution is -0.291. The number of rotatable bonds is 7. The summed E-state index contributed by atoms with van der Waals surface area (Å²) in [5.41, 5.74) is -6.70. The molecule has 0 N–H and O–H groups in total. The van der Waals surface area contributed by atoms with Gasteiger partial charge in [0.15, 0.2) is 0 Å². The predicted molar refractivity (Wildman–Crippen MR) is 115 cm³/mol. The highest BCUT2D eigenvalue weighted by atomic mass is 19.4. The smallest absolute Gasteiger partial charge is 0.396 e. The van der Waals surface area contributed by atoms with E-state index in [0.29, 0.717) is 18.6 Å². The summed E-state index contributed by atoms with van der Waals surface area (Å²) in [5.74, 6) is -17.1. The van der Waals surface area contributed by atoms with Crippen molar-refractivity contribution in [3.8, 4) is 0 Å². The molecular weight excluding hydrogens is 632 g/mol. The van der Waals surface area contributed by atoms with Gasteiger partial charge in [-0.15, -0.1) is 5.46 Å². The fraction of sp³-hybridized carbons (Fsp3) is 0.286. The molecule has 0 fully saturated rings. The van der Waals surface area contributed by atoms with Crippen molar-refractivity contribution in [1.82, 2.24) is 29.1 Å². The SMILES string of the molecule is FC(F)(F)C(F)(F)c1ccn([B-](c2ccccc2)(n2ccc(C(F)(F)C(F)(F)F)n2)n2ccc(C(F)(F)C(F)(F)F)n2)n1. The number of hydrogen-bond acceptors (Lipinski definition) is 3. The first-order chi connectivity index (χ1) is 19.5. The monoisotopic (exact) mass is 643 g/mol. The van der Waals surface area contributed by atoms with E-state index in [1.807, 2.05) is 0 Å². The Bertz CT molecular complexity index is 1420. The maximum Gasteiger partial charge on any atom is 0.459 e. The van der Waals surface area contributed by atoms with E-state index in [1.165, 1.54) is 6.07 Å². The maximum atomic E-state index is 14.2. The molecule has 0 aliphatic carbocycles. The molecule has 0 bridgehead atoms. The Labute approximate surface area is 228 Å². The van der Waals surface area contributed by atoms with Crippen molar-refractivity contribution in [3.63, 3.8) is 0 Å². The van der Waals surface area contributed by atoms with E-state index in [-0.39, 0.29) is 32.0 Å². The summed E-state index contributed by atoms with van der Waals surface area (Å²) >= 11 is 0. The lowest BCUT2D eigenvalue weighted by Gasteiger charge is -2.42. The van der Waals surface area contributed by atoms with Crippen LogP contribution in [0.1, 0.15) is 17.1 Å². The molecule has 22 heteroatoms. The Morgan fingerprint density at radius 1 is 0.419 bits per heavy atom. The minimum Gasteiger partial charge on any atom is -0.396 e. The van der Waals surface area contributed by atoms with Gasteiger partial charge >= 0.3 is 42.8 Å². The topological polar surface area (TPSA) is 53.5 Å². The summed E-state index contributed by atoms with van der Waals surface area (Å²) in [6.07, 6.45) is -17.8. The van der Waals surface area contributed by atoms with Crippen molar-refractivity contribution in [2.75, 3.05) is 0 Å². The number of halogens is 15. The van der Waals surface area contributed by atoms with E-state index >= 15 is 0 Å². The van der Waals surface area contributed by atoms with Crippen LogP contribution in [0.5, 0.6) is 0 Å². The zero-order valence-corrected chi connectivity index (χ0v) is 20.3. The summed E-state index contributed by atoms with van der Waals surface area (Å²) < 4.78 is 203. The molecule has 6 nitrogen and oxygen atoms in total. The molecule has 4 aromatic rings. The van der Waals surface area contributed by atoms with Crippen LogP contribution in [0.25, 0.3) is 0 Å². The van der Waals surface area contributed by atoms with Crippen molar-refractivity contribution in [2.24, 2.45) is 0 Å². The van der Waals surface area contributed by atoms with Crippen molar-refractivity contribution in [3.05, 3.63) is 84.2 Å². The summed E-state index contributed by atoms with van der Waals surface area (Å²) in [5, 5.41) is 9.37. The first kappa shape index (κ1) is 31.8. The van der Waals surface area contributed by atoms with E-state index in [2.05, 4.69) is 15.3 Å². The average molecular weight is 643 g/mol. The Morgan fingerprint density at radius 3 is 0.953 bits per heavy atom. The highest BCUT2D eigenvalue weighted by Crippen LogP contribution is 2.45. The molecule has 0 spiro atoms. The lowest BCUT2D eigenvalue weighted by atomic mass is 9.53. The summed E-state index contributed by atoms with van der Waals surface area (Å²) in [4.78, 5) is 0. The second-order valence-corrected chi connectivity index (χ2v) is 8.90. The molecule has 3 aromatic heterocycles. The summed E-state index contributed by atoms with van der Waals surface area (Å²) in [7, 11) is 0. The zero-order valence-electron chi connectivity index (χ0n) is 20.3. The van der Waals surface area contributed by atoms with Gasteiger partial charge in [0.2, 0.25) is 0 Å². The van der Waals surface area contributed by atoms with Crippen molar-refractivity contribution >= 4 is 12.0 Å². The average Bonchev–Trinajstić information content (AvgIpc) is 3.65. The van der Waals surface area contributed by atoms with Crippen LogP contribution in [0.4, 0.5) is 65.9 Å². The van der Waals surface area contributed by atoms with E-state index < -0.39 is 65.4 Å². The van der Waals surface area contributed by atoms with E-state index in [1.54, 1.807) is 0 Å². The van der Waals surface area contributed by atoms with Crippen LogP contribution in [-0.4, -0.2) is 54.2 Å². The van der Waals surface area contributed by atoms with Gasteiger partial charge in [-0.05, 0) is 36.8 Å². The van der Waals surface area contributed by atoms with Gasteiger partial charge in [-0.25, -0.2) is 15.3 Å². The predicted octanol–water partition coefficient (Wildman–Crippen LogP) is 6.03. The van der Waals surface area contributed by atoms with Gasteiger partial charge in [-0.2, -0.15) is 65.9 Å². The van der Waals surface area contributed by atoms with Crippen LogP contribution in [0.2, 0.25) is 0 Å². The fourth-order valence-electron chi connectivity index (χ4n) is 4.09. The molecule has 43 heavy (non-hydrogen) atoms. The normalized spacial score (nSPS) is 14.4. The molecule has 0 unspecified atom stereocenters. The largest absolute Gasteiger partial charge is 0.459 e. The van der Waals surface area contributed by atoms with Crippen LogP contribution in [0, 0.1) is 0 Å². The lowest BCUT2D eigenvalue weighted by Crippen LogP contribution is -2.68. The Morgan fingerprint density at radius 2 is 0.698 bits per heavy atom. The van der Waals surface area contributed by atoms with Crippen LogP contribution >= 0.6 is 0 Å². The minimum absolute atomic E-state index is 0.0520. The Balaban J connectivity index is 2.11. The third-order valence-corrected chi connectivity index (χ3v) is 6.21. The fourth-order valence-corrected chi connectivity index (χ4v) is 4.09. The molecule has 0 amide bonds. The van der Waals surface area contributed by atoms with Gasteiger partial charge < -0.3 is 13.8 Å². The second-order valence-electron chi connectivity index (χ2n) is 8.90. The van der Waals surface area contributed by atoms with Gasteiger partial charge in [0.05, 0.1) is 0 Å². The number of aromatic nitrogens is 6. The third kappa shape index (κ3) is 4.88. The molecule has 1 aromatic carbocycles. The van der Waals surface area contributed by atoms with Crippen LogP contribution < -0.4 is 5.46 Å². The highest BCUT2D eigenvalue weighted by Gasteiger charge is 2.63. The first-order valence-electron chi connectivity index (χ1n) is 11.2. The Hall–Kier alpha value is -4.14. The molecule has 0 radical (unpaired) electrons. The number of nitrogens with zero attached hydrogens (tertiary/aromatic N) is 6. The van der Waals surface area contributed by atoms with Crippen molar-refractivity contribution in [1.29, 1.82) is 0 Å². The highest BCUT2D eigenvalue weighted by molar-refractivity contribution is 6.87. The summed E-state index contributed by atoms with van der Waals surface area (Å²) in [6, 6.07) is 5.55. The Kier molecular flexibility index (Phi) is 7.17. The van der Waals surface area contributed by atoms with E-state index in [0.717, 1.165) is 24.3 Å². The van der Waals surface area contributed by atoms with Crippen LogP contribution in [-0.2, 0) is 17.8 Å². The first-order valence-corrected chi connectivity index (χ1v) is 11.2. The molecule has 234 valence electrons. The molecule has 0 saturated carbocycles. The van der Waals surface area contributed by atoms with E-state index in [9.17, 15) is 65.9 Å². The van der Waals surface area contributed by atoms with Gasteiger partial charge in [-0.1, -0.05) is 30.3 Å². The third-order valence-electron chi connectivity index (χ3n) is 6.21. The molecule has 0 aliphatic rings. The van der Waals surface area contributed by atoms with Gasteiger partial charge in [0.1, 0.15) is 17.1 Å². The molecule has 3 heterocycles. The van der Waals surface area contributed by atoms with Gasteiger partial charge in [0.25, 0.3) is 0 Å². The molecule has 4 rings (SSSR count). The number of alkyl halides is 15. The molecule has 0 aliphatic heterocycles. The number of benzene rings is 1. The van der Waals surface area contributed by atoms with Crippen LogP contribution in [0.3, 0.4) is 0 Å². The maximum absolute atomic E-state index is 14.2. The second kappa shape index (κ2) is 9.69. The van der Waals surface area contributed by atoms with Crippen LogP contribution in [0.15, 0.2) is 67.1 Å². The number of hydrogen-bond donors (Lipinski definition) is 0. The molecule has 0 saturated heterocycles.